The van der Waals surface area contributed by atoms with Gasteiger partial charge in [0, 0.05) is 5.69 Å². The molecule has 3 rings (SSSR count). The van der Waals surface area contributed by atoms with Crippen molar-refractivity contribution in [2.24, 2.45) is 0 Å². The number of methoxy groups -OCH3 is 1. The average Bonchev–Trinajstić information content (AvgIpc) is 3.03. The zero-order valence-electron chi connectivity index (χ0n) is 10.6. The highest BCUT2D eigenvalue weighted by Gasteiger charge is 2.18. The maximum absolute atomic E-state index is 11.5. The fourth-order valence-electron chi connectivity index (χ4n) is 2.30. The smallest absolute Gasteiger partial charge is 0.360 e. The van der Waals surface area contributed by atoms with Gasteiger partial charge < -0.3 is 10.5 Å². The van der Waals surface area contributed by atoms with Gasteiger partial charge in [0.25, 0.3) is 0 Å². The van der Waals surface area contributed by atoms with Crippen molar-refractivity contribution in [2.75, 3.05) is 12.8 Å². The maximum Gasteiger partial charge on any atom is 0.360 e. The highest BCUT2D eigenvalue weighted by Crippen LogP contribution is 2.22. The molecule has 0 spiro atoms. The van der Waals surface area contributed by atoms with Crippen LogP contribution in [0.15, 0.2) is 18.3 Å². The summed E-state index contributed by atoms with van der Waals surface area (Å²) in [6.07, 6.45) is 4.79. The maximum atomic E-state index is 11.5. The predicted octanol–water partition coefficient (Wildman–Crippen LogP) is 1.12. The van der Waals surface area contributed by atoms with Crippen LogP contribution in [0, 0.1) is 0 Å². The Morgan fingerprint density at radius 1 is 1.42 bits per heavy atom. The lowest BCUT2D eigenvalue weighted by molar-refractivity contribution is 0.0594. The van der Waals surface area contributed by atoms with Crippen LogP contribution in [0.2, 0.25) is 0 Å². The Kier molecular flexibility index (Phi) is 2.70. The molecule has 0 radical (unpaired) electrons. The first kappa shape index (κ1) is 11.7. The second-order valence-corrected chi connectivity index (χ2v) is 4.50. The molecule has 6 heteroatoms. The Balaban J connectivity index is 2.01. The number of nitrogens with two attached hydrogens (primary N) is 1. The van der Waals surface area contributed by atoms with Gasteiger partial charge in [0.2, 0.25) is 0 Å². The molecule has 98 valence electrons. The molecule has 0 aliphatic heterocycles. The second-order valence-electron chi connectivity index (χ2n) is 4.50. The molecule has 2 heterocycles. The normalized spacial score (nSPS) is 13.3. The molecule has 0 bridgehead atoms. The van der Waals surface area contributed by atoms with E-state index >= 15 is 0 Å². The van der Waals surface area contributed by atoms with E-state index in [1.807, 2.05) is 6.07 Å². The first-order valence-corrected chi connectivity index (χ1v) is 6.11. The molecule has 2 aromatic rings. The van der Waals surface area contributed by atoms with E-state index in [2.05, 4.69) is 20.9 Å². The van der Waals surface area contributed by atoms with E-state index in [4.69, 9.17) is 5.73 Å². The van der Waals surface area contributed by atoms with Gasteiger partial charge in [0.15, 0.2) is 11.5 Å². The van der Waals surface area contributed by atoms with Gasteiger partial charge in [-0.3, -0.25) is 0 Å². The summed E-state index contributed by atoms with van der Waals surface area (Å²) >= 11 is 0. The number of nitrogen functional groups attached to an aromatic ring is 1. The minimum absolute atomic E-state index is 0.116. The third kappa shape index (κ3) is 1.95. The molecule has 0 saturated heterocycles. The first-order valence-electron chi connectivity index (χ1n) is 6.11. The molecule has 0 saturated carbocycles. The predicted molar refractivity (Wildman–Crippen MR) is 69.1 cm³/mol. The summed E-state index contributed by atoms with van der Waals surface area (Å²) in [6.45, 7) is 0. The van der Waals surface area contributed by atoms with Crippen molar-refractivity contribution in [1.29, 1.82) is 0 Å². The zero-order chi connectivity index (χ0) is 13.4. The largest absolute Gasteiger partial charge is 0.464 e. The molecule has 6 nitrogen and oxygen atoms in total. The number of ether oxygens (including phenoxy) is 1. The highest BCUT2D eigenvalue weighted by atomic mass is 16.5. The van der Waals surface area contributed by atoms with Gasteiger partial charge in [-0.1, -0.05) is 6.07 Å². The highest BCUT2D eigenvalue weighted by molar-refractivity contribution is 5.92. The number of hydrogen-bond acceptors (Lipinski definition) is 5. The lowest BCUT2D eigenvalue weighted by atomic mass is 10.2. The van der Waals surface area contributed by atoms with Gasteiger partial charge in [-0.05, 0) is 30.9 Å². The van der Waals surface area contributed by atoms with Crippen molar-refractivity contribution in [3.63, 3.8) is 0 Å². The Labute approximate surface area is 110 Å². The van der Waals surface area contributed by atoms with Gasteiger partial charge in [0.05, 0.1) is 19.0 Å². The van der Waals surface area contributed by atoms with Gasteiger partial charge in [-0.15, -0.1) is 0 Å². The average molecular weight is 258 g/mol. The third-order valence-electron chi connectivity index (χ3n) is 3.27. The van der Waals surface area contributed by atoms with Crippen molar-refractivity contribution >= 4 is 11.7 Å². The number of fused-ring (bicyclic) bond motifs is 1. The minimum Gasteiger partial charge on any atom is -0.464 e. The Morgan fingerprint density at radius 2 is 2.26 bits per heavy atom. The molecule has 0 atom stereocenters. The number of esters is 1. The molecule has 2 N–H and O–H groups in total. The van der Waals surface area contributed by atoms with Gasteiger partial charge in [-0.25, -0.2) is 14.5 Å². The van der Waals surface area contributed by atoms with Crippen LogP contribution in [-0.2, 0) is 17.6 Å². The molecule has 19 heavy (non-hydrogen) atoms. The molecular weight excluding hydrogens is 244 g/mol. The monoisotopic (exact) mass is 258 g/mol. The van der Waals surface area contributed by atoms with Crippen LogP contribution in [0.5, 0.6) is 0 Å². The van der Waals surface area contributed by atoms with Crippen LogP contribution in [0.3, 0.4) is 0 Å². The summed E-state index contributed by atoms with van der Waals surface area (Å²) in [5.74, 6) is 0.125. The van der Waals surface area contributed by atoms with Gasteiger partial charge >= 0.3 is 5.97 Å². The summed E-state index contributed by atoms with van der Waals surface area (Å²) in [5.41, 5.74) is 8.55. The number of aryl methyl sites for hydroxylation is 2. The summed E-state index contributed by atoms with van der Waals surface area (Å²) in [7, 11) is 1.30. The molecule has 0 unspecified atom stereocenters. The zero-order valence-corrected chi connectivity index (χ0v) is 10.6. The van der Waals surface area contributed by atoms with E-state index < -0.39 is 5.97 Å². The summed E-state index contributed by atoms with van der Waals surface area (Å²) < 4.78 is 6.14. The standard InChI is InChI=1S/C13H14N4O2/c1-19-13(18)12-9(14)7-17(16-12)11-6-5-8-3-2-4-10(8)15-11/h5-7H,2-4,14H2,1H3. The lowest BCUT2D eigenvalue weighted by Gasteiger charge is -2.03. The second kappa shape index (κ2) is 4.38. The van der Waals surface area contributed by atoms with E-state index in [0.717, 1.165) is 25.0 Å². The molecule has 0 aromatic carbocycles. The SMILES string of the molecule is COC(=O)c1nn(-c2ccc3c(n2)CCC3)cc1N. The first-order chi connectivity index (χ1) is 9.19. The van der Waals surface area contributed by atoms with Crippen LogP contribution < -0.4 is 5.73 Å². The number of nitrogens with zero attached hydrogens (tertiary/aromatic N) is 3. The fraction of sp³-hybridized carbons (Fsp3) is 0.308. The quantitative estimate of drug-likeness (QED) is 0.816. The molecule has 2 aromatic heterocycles. The van der Waals surface area contributed by atoms with E-state index in [9.17, 15) is 4.79 Å². The van der Waals surface area contributed by atoms with Crippen LogP contribution in [0.4, 0.5) is 5.69 Å². The van der Waals surface area contributed by atoms with Crippen molar-refractivity contribution in [2.45, 2.75) is 19.3 Å². The molecule has 0 fully saturated rings. The van der Waals surface area contributed by atoms with Crippen molar-refractivity contribution in [1.82, 2.24) is 14.8 Å². The number of carbonyl (C=O) groups is 1. The van der Waals surface area contributed by atoms with Crippen molar-refractivity contribution in [3.05, 3.63) is 35.3 Å². The van der Waals surface area contributed by atoms with Crippen molar-refractivity contribution in [3.8, 4) is 5.82 Å². The lowest BCUT2D eigenvalue weighted by Crippen LogP contribution is -2.06. The van der Waals surface area contributed by atoms with E-state index in [-0.39, 0.29) is 11.4 Å². The number of aromatic nitrogens is 3. The van der Waals surface area contributed by atoms with Crippen LogP contribution in [0.1, 0.15) is 28.2 Å². The van der Waals surface area contributed by atoms with Gasteiger partial charge in [-0.2, -0.15) is 5.10 Å². The Hall–Kier alpha value is -2.37. The Bertz CT molecular complexity index is 648. The van der Waals surface area contributed by atoms with Crippen molar-refractivity contribution < 1.29 is 9.53 Å². The molecule has 1 aliphatic carbocycles. The molecule has 0 amide bonds. The summed E-state index contributed by atoms with van der Waals surface area (Å²) in [5, 5.41) is 4.13. The van der Waals surface area contributed by atoms with E-state index in [1.54, 1.807) is 6.20 Å². The molecule has 1 aliphatic rings. The van der Waals surface area contributed by atoms with Crippen LogP contribution >= 0.6 is 0 Å². The van der Waals surface area contributed by atoms with Crippen LogP contribution in [0.25, 0.3) is 5.82 Å². The third-order valence-corrected chi connectivity index (χ3v) is 3.27. The number of carbonyl (C=O) groups excluding carboxylic acids is 1. The topological polar surface area (TPSA) is 83.0 Å². The summed E-state index contributed by atoms with van der Waals surface area (Å²) in [6, 6.07) is 3.94. The number of hydrogen-bond donors (Lipinski definition) is 1. The minimum atomic E-state index is -0.544. The fourth-order valence-corrected chi connectivity index (χ4v) is 2.30. The summed E-state index contributed by atoms with van der Waals surface area (Å²) in [4.78, 5) is 16.0. The number of pyridine rings is 1. The van der Waals surface area contributed by atoms with Crippen LogP contribution in [-0.4, -0.2) is 27.8 Å². The van der Waals surface area contributed by atoms with E-state index in [1.165, 1.54) is 17.4 Å². The van der Waals surface area contributed by atoms with E-state index in [0.29, 0.717) is 5.82 Å². The Morgan fingerprint density at radius 3 is 3.05 bits per heavy atom. The number of rotatable bonds is 2. The van der Waals surface area contributed by atoms with Gasteiger partial charge in [0.1, 0.15) is 0 Å². The molecular formula is C13H14N4O2. The number of anilines is 1.